The summed E-state index contributed by atoms with van der Waals surface area (Å²) in [5, 5.41) is 0. The molecule has 2 aromatic rings. The summed E-state index contributed by atoms with van der Waals surface area (Å²) < 4.78 is 17.0. The molecule has 0 heterocycles. The van der Waals surface area contributed by atoms with Gasteiger partial charge in [-0.15, -0.1) is 0 Å². The van der Waals surface area contributed by atoms with Crippen LogP contribution >= 0.6 is 0 Å². The van der Waals surface area contributed by atoms with Crippen LogP contribution in [0.5, 0.6) is 17.2 Å². The SMILES string of the molecule is C=C=COOCCCCOc1ccc(OCOc2ccc(C)cc2C)cc1. The van der Waals surface area contributed by atoms with E-state index in [-0.39, 0.29) is 6.79 Å². The number of benzene rings is 2. The Bertz CT molecular complexity index is 733. The Kier molecular flexibility index (Phi) is 8.84. The molecule has 0 N–H and O–H groups in total. The van der Waals surface area contributed by atoms with E-state index in [2.05, 4.69) is 30.2 Å². The van der Waals surface area contributed by atoms with Crippen LogP contribution in [0.15, 0.2) is 61.0 Å². The predicted octanol–water partition coefficient (Wildman–Crippen LogP) is 5.12. The number of unbranched alkanes of at least 4 members (excludes halogenated alkanes) is 1. The maximum Gasteiger partial charge on any atom is 0.230 e. The topological polar surface area (TPSA) is 46.2 Å². The van der Waals surface area contributed by atoms with Crippen LogP contribution in [-0.4, -0.2) is 20.0 Å². The molecule has 0 aliphatic heterocycles. The molecule has 5 heteroatoms. The van der Waals surface area contributed by atoms with Crippen molar-refractivity contribution >= 4 is 0 Å². The summed E-state index contributed by atoms with van der Waals surface area (Å²) in [5.74, 6) is 2.35. The van der Waals surface area contributed by atoms with Crippen LogP contribution in [0.25, 0.3) is 0 Å². The minimum atomic E-state index is 0.160. The molecule has 0 aliphatic rings. The van der Waals surface area contributed by atoms with Crippen molar-refractivity contribution in [3.63, 3.8) is 0 Å². The van der Waals surface area contributed by atoms with Crippen LogP contribution in [0.4, 0.5) is 0 Å². The van der Waals surface area contributed by atoms with Crippen molar-refractivity contribution < 1.29 is 24.0 Å². The lowest BCUT2D eigenvalue weighted by molar-refractivity contribution is -0.249. The molecule has 0 saturated heterocycles. The highest BCUT2D eigenvalue weighted by Gasteiger charge is 2.01. The van der Waals surface area contributed by atoms with E-state index in [0.717, 1.165) is 35.7 Å². The lowest BCUT2D eigenvalue weighted by atomic mass is 10.1. The van der Waals surface area contributed by atoms with Gasteiger partial charge in [-0.05, 0) is 62.6 Å². The lowest BCUT2D eigenvalue weighted by Gasteiger charge is -2.11. The summed E-state index contributed by atoms with van der Waals surface area (Å²) in [7, 11) is 0. The molecule has 2 rings (SSSR count). The summed E-state index contributed by atoms with van der Waals surface area (Å²) in [6, 6.07) is 13.5. The Morgan fingerprint density at radius 3 is 2.30 bits per heavy atom. The van der Waals surface area contributed by atoms with E-state index >= 15 is 0 Å². The molecule has 0 fully saturated rings. The van der Waals surface area contributed by atoms with Crippen molar-refractivity contribution in [1.29, 1.82) is 0 Å². The Hall–Kier alpha value is -2.88. The van der Waals surface area contributed by atoms with Crippen LogP contribution in [0.3, 0.4) is 0 Å². The standard InChI is InChI=1S/C22H26O5/c1-4-13-26-27-15-6-5-14-23-20-8-10-21(11-9-20)24-17-25-22-12-7-18(2)16-19(22)3/h7-13,16H,1,5-6,14-15,17H2,2-3H3. The highest BCUT2D eigenvalue weighted by Crippen LogP contribution is 2.20. The average Bonchev–Trinajstić information content (AvgIpc) is 2.67. The second-order valence-corrected chi connectivity index (χ2v) is 5.94. The highest BCUT2D eigenvalue weighted by molar-refractivity contribution is 5.35. The Balaban J connectivity index is 1.62. The number of hydrogen-bond donors (Lipinski definition) is 0. The fraction of sp³-hybridized carbons (Fsp3) is 0.318. The summed E-state index contributed by atoms with van der Waals surface area (Å²) in [6.07, 6.45) is 2.97. The van der Waals surface area contributed by atoms with Gasteiger partial charge < -0.3 is 19.1 Å². The normalized spacial score (nSPS) is 10.0. The number of ether oxygens (including phenoxy) is 3. The predicted molar refractivity (Wildman–Crippen MR) is 104 cm³/mol. The fourth-order valence-corrected chi connectivity index (χ4v) is 2.32. The van der Waals surface area contributed by atoms with Gasteiger partial charge in [-0.2, -0.15) is 4.89 Å². The molecular formula is C22H26O5. The Morgan fingerprint density at radius 2 is 1.59 bits per heavy atom. The molecular weight excluding hydrogens is 344 g/mol. The number of aryl methyl sites for hydroxylation is 2. The first-order chi connectivity index (χ1) is 13.2. The van der Waals surface area contributed by atoms with E-state index in [1.165, 1.54) is 11.8 Å². The van der Waals surface area contributed by atoms with Crippen LogP contribution in [0.2, 0.25) is 0 Å². The zero-order valence-corrected chi connectivity index (χ0v) is 15.9. The monoisotopic (exact) mass is 370 g/mol. The van der Waals surface area contributed by atoms with E-state index in [4.69, 9.17) is 19.1 Å². The van der Waals surface area contributed by atoms with Gasteiger partial charge in [0.1, 0.15) is 17.2 Å². The van der Waals surface area contributed by atoms with Crippen molar-refractivity contribution in [1.82, 2.24) is 0 Å². The van der Waals surface area contributed by atoms with Crippen LogP contribution in [0, 0.1) is 13.8 Å². The summed E-state index contributed by atoms with van der Waals surface area (Å²) >= 11 is 0. The second-order valence-electron chi connectivity index (χ2n) is 5.94. The summed E-state index contributed by atoms with van der Waals surface area (Å²) in [5.41, 5.74) is 4.76. The van der Waals surface area contributed by atoms with Gasteiger partial charge in [0.15, 0.2) is 6.26 Å². The number of rotatable bonds is 12. The van der Waals surface area contributed by atoms with Gasteiger partial charge in [-0.3, -0.25) is 0 Å². The van der Waals surface area contributed by atoms with Gasteiger partial charge in [-0.25, -0.2) is 0 Å². The van der Waals surface area contributed by atoms with Gasteiger partial charge in [-0.1, -0.05) is 30.0 Å². The maximum atomic E-state index is 5.68. The van der Waals surface area contributed by atoms with Crippen molar-refractivity contribution in [2.75, 3.05) is 20.0 Å². The molecule has 144 valence electrons. The molecule has 27 heavy (non-hydrogen) atoms. The minimum Gasteiger partial charge on any atom is -0.494 e. The van der Waals surface area contributed by atoms with Gasteiger partial charge in [0.2, 0.25) is 6.79 Å². The van der Waals surface area contributed by atoms with Gasteiger partial charge in [0, 0.05) is 0 Å². The molecule has 0 spiro atoms. The Morgan fingerprint density at radius 1 is 0.889 bits per heavy atom. The number of hydrogen-bond acceptors (Lipinski definition) is 5. The quantitative estimate of drug-likeness (QED) is 0.129. The maximum absolute atomic E-state index is 5.68. The van der Waals surface area contributed by atoms with Gasteiger partial charge >= 0.3 is 0 Å². The molecule has 0 aromatic heterocycles. The summed E-state index contributed by atoms with van der Waals surface area (Å²) in [6.45, 7) is 8.70. The average molecular weight is 370 g/mol. The molecule has 0 saturated carbocycles. The molecule has 0 unspecified atom stereocenters. The Labute approximate surface area is 160 Å². The van der Waals surface area contributed by atoms with Crippen LogP contribution < -0.4 is 14.2 Å². The van der Waals surface area contributed by atoms with Crippen molar-refractivity contribution in [2.24, 2.45) is 0 Å². The van der Waals surface area contributed by atoms with E-state index in [9.17, 15) is 0 Å². The van der Waals surface area contributed by atoms with E-state index in [0.29, 0.717) is 13.2 Å². The lowest BCUT2D eigenvalue weighted by Crippen LogP contribution is -2.06. The molecule has 0 radical (unpaired) electrons. The third-order valence-electron chi connectivity index (χ3n) is 3.68. The van der Waals surface area contributed by atoms with Crippen molar-refractivity contribution in [3.8, 4) is 17.2 Å². The third-order valence-corrected chi connectivity index (χ3v) is 3.68. The van der Waals surface area contributed by atoms with E-state index in [1.807, 2.05) is 43.3 Å². The highest BCUT2D eigenvalue weighted by atomic mass is 17.2. The second kappa shape index (κ2) is 11.7. The van der Waals surface area contributed by atoms with E-state index in [1.54, 1.807) is 0 Å². The molecule has 0 amide bonds. The molecule has 5 nitrogen and oxygen atoms in total. The molecule has 0 bridgehead atoms. The van der Waals surface area contributed by atoms with E-state index < -0.39 is 0 Å². The van der Waals surface area contributed by atoms with Crippen molar-refractivity contribution in [3.05, 3.63) is 72.2 Å². The first-order valence-corrected chi connectivity index (χ1v) is 8.87. The van der Waals surface area contributed by atoms with Gasteiger partial charge in [0.25, 0.3) is 0 Å². The largest absolute Gasteiger partial charge is 0.494 e. The van der Waals surface area contributed by atoms with Gasteiger partial charge in [0.05, 0.1) is 13.2 Å². The zero-order valence-electron chi connectivity index (χ0n) is 15.9. The fourth-order valence-electron chi connectivity index (χ4n) is 2.32. The first-order valence-electron chi connectivity index (χ1n) is 8.87. The van der Waals surface area contributed by atoms with Crippen LogP contribution in [0.1, 0.15) is 24.0 Å². The molecule has 0 aliphatic carbocycles. The third kappa shape index (κ3) is 7.90. The smallest absolute Gasteiger partial charge is 0.230 e. The minimum absolute atomic E-state index is 0.160. The summed E-state index contributed by atoms with van der Waals surface area (Å²) in [4.78, 5) is 9.55. The molecule has 2 aromatic carbocycles. The zero-order chi connectivity index (χ0) is 19.3. The van der Waals surface area contributed by atoms with Crippen molar-refractivity contribution in [2.45, 2.75) is 26.7 Å². The van der Waals surface area contributed by atoms with Crippen LogP contribution in [-0.2, 0) is 9.78 Å². The molecule has 0 atom stereocenters. The first kappa shape index (κ1) is 20.4.